The molecular formula is C25H30N4O4. The van der Waals surface area contributed by atoms with E-state index in [2.05, 4.69) is 27.7 Å². The van der Waals surface area contributed by atoms with Crippen LogP contribution < -0.4 is 15.4 Å². The van der Waals surface area contributed by atoms with E-state index in [1.54, 1.807) is 13.2 Å². The maximum absolute atomic E-state index is 12.8. The Morgan fingerprint density at radius 3 is 2.45 bits per heavy atom. The summed E-state index contributed by atoms with van der Waals surface area (Å²) in [7, 11) is 1.55. The first-order valence-corrected chi connectivity index (χ1v) is 11.3. The molecule has 2 aromatic rings. The average Bonchev–Trinajstić information content (AvgIpc) is 3.08. The molecule has 174 valence electrons. The maximum Gasteiger partial charge on any atom is 0.325 e. The summed E-state index contributed by atoms with van der Waals surface area (Å²) in [5, 5.41) is 5.68. The number of urea groups is 1. The summed E-state index contributed by atoms with van der Waals surface area (Å²) in [6.07, 6.45) is 1.67. The van der Waals surface area contributed by atoms with Gasteiger partial charge in [0.15, 0.2) is 0 Å². The number of nitrogens with one attached hydrogen (secondary N) is 2. The summed E-state index contributed by atoms with van der Waals surface area (Å²) in [4.78, 5) is 41.3. The minimum atomic E-state index is -0.842. The minimum Gasteiger partial charge on any atom is -0.496 e. The van der Waals surface area contributed by atoms with Gasteiger partial charge in [0.05, 0.1) is 20.1 Å². The van der Waals surface area contributed by atoms with Gasteiger partial charge in [0.1, 0.15) is 11.8 Å². The van der Waals surface area contributed by atoms with E-state index in [-0.39, 0.29) is 24.9 Å². The van der Waals surface area contributed by atoms with Gasteiger partial charge in [0, 0.05) is 31.2 Å². The van der Waals surface area contributed by atoms with Crippen molar-refractivity contribution in [1.29, 1.82) is 0 Å². The van der Waals surface area contributed by atoms with Crippen LogP contribution in [0.5, 0.6) is 5.75 Å². The van der Waals surface area contributed by atoms with Crippen LogP contribution >= 0.6 is 0 Å². The lowest BCUT2D eigenvalue weighted by molar-refractivity contribution is -0.131. The van der Waals surface area contributed by atoms with Crippen molar-refractivity contribution in [1.82, 2.24) is 20.4 Å². The fraction of sp³-hybridized carbons (Fsp3) is 0.400. The van der Waals surface area contributed by atoms with Gasteiger partial charge < -0.3 is 15.4 Å². The van der Waals surface area contributed by atoms with E-state index in [9.17, 15) is 14.4 Å². The normalized spacial score (nSPS) is 19.4. The standard InChI is InChI=1S/C25H30N4O4/c1-33-22-10-6-5-9-19(22)17-29-24(31)21(27-25(29)32)15-23(30)26-20-11-13-28(14-12-20)16-18-7-3-2-4-8-18/h2-10,20-21H,11-17H2,1H3,(H,26,30)(H,27,32). The number of amides is 4. The van der Waals surface area contributed by atoms with Gasteiger partial charge >= 0.3 is 6.03 Å². The molecule has 0 bridgehead atoms. The first-order chi connectivity index (χ1) is 16.0. The van der Waals surface area contributed by atoms with Crippen molar-refractivity contribution < 1.29 is 19.1 Å². The number of carbonyl (C=O) groups excluding carboxylic acids is 3. The lowest BCUT2D eigenvalue weighted by Gasteiger charge is -2.32. The van der Waals surface area contributed by atoms with Crippen molar-refractivity contribution in [3.05, 3.63) is 65.7 Å². The van der Waals surface area contributed by atoms with Gasteiger partial charge in [-0.05, 0) is 24.5 Å². The van der Waals surface area contributed by atoms with E-state index in [1.165, 1.54) is 5.56 Å². The summed E-state index contributed by atoms with van der Waals surface area (Å²) in [5.41, 5.74) is 2.02. The second kappa shape index (κ2) is 10.5. The third-order valence-electron chi connectivity index (χ3n) is 6.22. The van der Waals surface area contributed by atoms with Crippen LogP contribution in [0.1, 0.15) is 30.4 Å². The highest BCUT2D eigenvalue weighted by atomic mass is 16.5. The Labute approximate surface area is 193 Å². The lowest BCUT2D eigenvalue weighted by Crippen LogP contribution is -2.46. The van der Waals surface area contributed by atoms with E-state index in [0.29, 0.717) is 5.75 Å². The highest BCUT2D eigenvalue weighted by molar-refractivity contribution is 6.05. The first-order valence-electron chi connectivity index (χ1n) is 11.3. The van der Waals surface area contributed by atoms with Crippen LogP contribution in [0.15, 0.2) is 54.6 Å². The number of hydrogen-bond donors (Lipinski definition) is 2. The zero-order chi connectivity index (χ0) is 23.2. The van der Waals surface area contributed by atoms with Gasteiger partial charge in [0.25, 0.3) is 5.91 Å². The summed E-state index contributed by atoms with van der Waals surface area (Å²) < 4.78 is 5.31. The molecule has 2 fully saturated rings. The molecule has 33 heavy (non-hydrogen) atoms. The van der Waals surface area contributed by atoms with Gasteiger partial charge in [-0.25, -0.2) is 4.79 Å². The number of ether oxygens (including phenoxy) is 1. The highest BCUT2D eigenvalue weighted by Gasteiger charge is 2.39. The van der Waals surface area contributed by atoms with Gasteiger partial charge in [-0.2, -0.15) is 0 Å². The number of imide groups is 1. The molecule has 2 N–H and O–H groups in total. The number of carbonyl (C=O) groups is 3. The summed E-state index contributed by atoms with van der Waals surface area (Å²) in [6.45, 7) is 2.83. The number of likely N-dealkylation sites (tertiary alicyclic amines) is 1. The van der Waals surface area contributed by atoms with Gasteiger partial charge in [-0.15, -0.1) is 0 Å². The van der Waals surface area contributed by atoms with Crippen molar-refractivity contribution in [3.8, 4) is 5.75 Å². The molecule has 8 heteroatoms. The molecule has 0 saturated carbocycles. The van der Waals surface area contributed by atoms with Crippen LogP contribution in [0.4, 0.5) is 4.79 Å². The molecule has 0 aromatic heterocycles. The average molecular weight is 451 g/mol. The van der Waals surface area contributed by atoms with Crippen LogP contribution in [0, 0.1) is 0 Å². The molecular weight excluding hydrogens is 420 g/mol. The fourth-order valence-electron chi connectivity index (χ4n) is 4.42. The van der Waals surface area contributed by atoms with Crippen molar-refractivity contribution in [3.63, 3.8) is 0 Å². The third-order valence-corrected chi connectivity index (χ3v) is 6.22. The van der Waals surface area contributed by atoms with Crippen molar-refractivity contribution in [2.45, 2.75) is 44.4 Å². The van der Waals surface area contributed by atoms with Crippen molar-refractivity contribution in [2.24, 2.45) is 0 Å². The second-order valence-electron chi connectivity index (χ2n) is 8.55. The minimum absolute atomic E-state index is 0.0583. The molecule has 2 aromatic carbocycles. The van der Waals surface area contributed by atoms with Crippen LogP contribution in [-0.4, -0.2) is 59.9 Å². The number of para-hydroxylation sites is 1. The molecule has 4 rings (SSSR count). The van der Waals surface area contributed by atoms with E-state index < -0.39 is 18.0 Å². The Morgan fingerprint density at radius 2 is 1.73 bits per heavy atom. The Kier molecular flexibility index (Phi) is 7.24. The predicted molar refractivity (Wildman–Crippen MR) is 123 cm³/mol. The van der Waals surface area contributed by atoms with Crippen molar-refractivity contribution in [2.75, 3.05) is 20.2 Å². The maximum atomic E-state index is 12.8. The molecule has 0 radical (unpaired) electrons. The molecule has 4 amide bonds. The Morgan fingerprint density at radius 1 is 1.03 bits per heavy atom. The zero-order valence-corrected chi connectivity index (χ0v) is 18.8. The van der Waals surface area contributed by atoms with E-state index >= 15 is 0 Å². The smallest absolute Gasteiger partial charge is 0.325 e. The number of nitrogens with zero attached hydrogens (tertiary/aromatic N) is 2. The molecule has 1 atom stereocenters. The molecule has 2 aliphatic heterocycles. The summed E-state index contributed by atoms with van der Waals surface area (Å²) in [6, 6.07) is 16.3. The quantitative estimate of drug-likeness (QED) is 0.603. The monoisotopic (exact) mass is 450 g/mol. The molecule has 1 unspecified atom stereocenters. The SMILES string of the molecule is COc1ccccc1CN1C(=O)NC(CC(=O)NC2CCN(Cc3ccccc3)CC2)C1=O. The second-order valence-corrected chi connectivity index (χ2v) is 8.55. The zero-order valence-electron chi connectivity index (χ0n) is 18.8. The number of benzene rings is 2. The first kappa shape index (κ1) is 22.8. The summed E-state index contributed by atoms with van der Waals surface area (Å²) >= 11 is 0. The largest absolute Gasteiger partial charge is 0.496 e. The fourth-order valence-corrected chi connectivity index (χ4v) is 4.42. The molecule has 0 spiro atoms. The van der Waals surface area contributed by atoms with Gasteiger partial charge in [-0.1, -0.05) is 48.5 Å². The van der Waals surface area contributed by atoms with E-state index in [1.807, 2.05) is 36.4 Å². The van der Waals surface area contributed by atoms with Gasteiger partial charge in [-0.3, -0.25) is 19.4 Å². The lowest BCUT2D eigenvalue weighted by atomic mass is 10.0. The molecule has 8 nitrogen and oxygen atoms in total. The Bertz CT molecular complexity index is 989. The summed E-state index contributed by atoms with van der Waals surface area (Å²) in [5.74, 6) is 0.00550. The number of hydrogen-bond acceptors (Lipinski definition) is 5. The third kappa shape index (κ3) is 5.70. The van der Waals surface area contributed by atoms with E-state index in [4.69, 9.17) is 4.74 Å². The predicted octanol–water partition coefficient (Wildman–Crippen LogP) is 2.29. The Balaban J connectivity index is 1.24. The van der Waals surface area contributed by atoms with Crippen LogP contribution in [0.2, 0.25) is 0 Å². The van der Waals surface area contributed by atoms with E-state index in [0.717, 1.165) is 42.9 Å². The molecule has 2 saturated heterocycles. The van der Waals surface area contributed by atoms with Crippen molar-refractivity contribution >= 4 is 17.8 Å². The number of rotatable bonds is 8. The highest BCUT2D eigenvalue weighted by Crippen LogP contribution is 2.22. The topological polar surface area (TPSA) is 91.0 Å². The number of methoxy groups -OCH3 is 1. The van der Waals surface area contributed by atoms with Crippen LogP contribution in [0.25, 0.3) is 0 Å². The van der Waals surface area contributed by atoms with Gasteiger partial charge in [0.2, 0.25) is 5.91 Å². The Hall–Kier alpha value is -3.39. The number of piperidine rings is 1. The molecule has 2 heterocycles. The molecule has 2 aliphatic rings. The van der Waals surface area contributed by atoms with Crippen LogP contribution in [0.3, 0.4) is 0 Å². The molecule has 0 aliphatic carbocycles. The van der Waals surface area contributed by atoms with Crippen LogP contribution in [-0.2, 0) is 22.7 Å².